The summed E-state index contributed by atoms with van der Waals surface area (Å²) >= 11 is 0. The Hall–Kier alpha value is -4.34. The number of methoxy groups -OCH3 is 1. The molecule has 0 N–H and O–H groups in total. The summed E-state index contributed by atoms with van der Waals surface area (Å²) in [4.78, 5) is 39.1. The van der Waals surface area contributed by atoms with Crippen LogP contribution in [0.3, 0.4) is 0 Å². The van der Waals surface area contributed by atoms with Crippen molar-refractivity contribution in [1.82, 2.24) is 19.4 Å². The number of hydrogen-bond acceptors (Lipinski definition) is 8. The predicted molar refractivity (Wildman–Crippen MR) is 114 cm³/mol. The first-order valence-corrected chi connectivity index (χ1v) is 9.25. The standard InChI is InChI=1S/C21H18N6O4/c1-25(2)20-22-12-26-18(19(28)13-7-9-16(31-3)10-8-13)17(23-21(26)24-20)14-5-4-6-15(11-14)27(29)30/h4-12H,1-3H3. The third-order valence-corrected chi connectivity index (χ3v) is 4.68. The van der Waals surface area contributed by atoms with Crippen LogP contribution in [0, 0.1) is 10.1 Å². The van der Waals surface area contributed by atoms with Gasteiger partial charge in [-0.05, 0) is 24.3 Å². The Morgan fingerprint density at radius 2 is 1.87 bits per heavy atom. The zero-order valence-corrected chi connectivity index (χ0v) is 17.0. The summed E-state index contributed by atoms with van der Waals surface area (Å²) in [5, 5.41) is 11.3. The number of hydrogen-bond donors (Lipinski definition) is 0. The Balaban J connectivity index is 1.94. The van der Waals surface area contributed by atoms with Crippen LogP contribution in [0.2, 0.25) is 0 Å². The highest BCUT2D eigenvalue weighted by atomic mass is 16.6. The van der Waals surface area contributed by atoms with Gasteiger partial charge in [0, 0.05) is 37.4 Å². The lowest BCUT2D eigenvalue weighted by Gasteiger charge is -2.09. The Bertz CT molecular complexity index is 1300. The van der Waals surface area contributed by atoms with E-state index in [0.29, 0.717) is 22.8 Å². The Morgan fingerprint density at radius 3 is 2.52 bits per heavy atom. The number of aromatic nitrogens is 4. The van der Waals surface area contributed by atoms with Gasteiger partial charge in [0.1, 0.15) is 23.5 Å². The first kappa shape index (κ1) is 20.0. The van der Waals surface area contributed by atoms with Crippen molar-refractivity contribution in [2.24, 2.45) is 0 Å². The van der Waals surface area contributed by atoms with E-state index in [1.807, 2.05) is 0 Å². The maximum absolute atomic E-state index is 13.5. The van der Waals surface area contributed by atoms with Gasteiger partial charge in [-0.25, -0.2) is 9.97 Å². The van der Waals surface area contributed by atoms with E-state index in [1.54, 1.807) is 62.5 Å². The van der Waals surface area contributed by atoms with Crippen molar-refractivity contribution in [3.05, 3.63) is 76.2 Å². The van der Waals surface area contributed by atoms with Gasteiger partial charge in [0.05, 0.1) is 12.0 Å². The predicted octanol–water partition coefficient (Wildman–Crippen LogP) is 3.01. The molecule has 2 aromatic heterocycles. The van der Waals surface area contributed by atoms with E-state index in [4.69, 9.17) is 4.74 Å². The molecule has 4 rings (SSSR count). The number of anilines is 1. The van der Waals surface area contributed by atoms with Crippen LogP contribution in [-0.2, 0) is 0 Å². The van der Waals surface area contributed by atoms with E-state index in [-0.39, 0.29) is 28.6 Å². The number of nitrogens with zero attached hydrogens (tertiary/aromatic N) is 6. The van der Waals surface area contributed by atoms with Gasteiger partial charge in [0.15, 0.2) is 0 Å². The molecule has 156 valence electrons. The van der Waals surface area contributed by atoms with E-state index in [9.17, 15) is 14.9 Å². The lowest BCUT2D eigenvalue weighted by molar-refractivity contribution is -0.384. The smallest absolute Gasteiger partial charge is 0.270 e. The van der Waals surface area contributed by atoms with Crippen LogP contribution in [0.25, 0.3) is 17.0 Å². The van der Waals surface area contributed by atoms with Gasteiger partial charge in [0.2, 0.25) is 17.5 Å². The second-order valence-corrected chi connectivity index (χ2v) is 6.89. The molecular weight excluding hydrogens is 400 g/mol. The van der Waals surface area contributed by atoms with Gasteiger partial charge < -0.3 is 9.64 Å². The van der Waals surface area contributed by atoms with E-state index < -0.39 is 4.92 Å². The van der Waals surface area contributed by atoms with Crippen molar-refractivity contribution in [3.8, 4) is 17.0 Å². The third-order valence-electron chi connectivity index (χ3n) is 4.68. The fourth-order valence-electron chi connectivity index (χ4n) is 3.12. The molecule has 31 heavy (non-hydrogen) atoms. The number of fused-ring (bicyclic) bond motifs is 1. The van der Waals surface area contributed by atoms with Crippen LogP contribution in [0.5, 0.6) is 5.75 Å². The number of nitro groups is 1. The average Bonchev–Trinajstić information content (AvgIpc) is 3.17. The number of ether oxygens (including phenoxy) is 1. The molecule has 2 aromatic carbocycles. The molecule has 4 aromatic rings. The molecule has 0 aliphatic rings. The highest BCUT2D eigenvalue weighted by Crippen LogP contribution is 2.29. The minimum absolute atomic E-state index is 0.0996. The number of benzene rings is 2. The summed E-state index contributed by atoms with van der Waals surface area (Å²) in [6.07, 6.45) is 1.47. The summed E-state index contributed by atoms with van der Waals surface area (Å²) < 4.78 is 6.65. The average molecular weight is 418 g/mol. The zero-order chi connectivity index (χ0) is 22.1. The summed E-state index contributed by atoms with van der Waals surface area (Å²) in [6.45, 7) is 0. The number of carbonyl (C=O) groups excluding carboxylic acids is 1. The number of nitro benzene ring substituents is 1. The monoisotopic (exact) mass is 418 g/mol. The highest BCUT2D eigenvalue weighted by Gasteiger charge is 2.24. The van der Waals surface area contributed by atoms with Crippen molar-refractivity contribution < 1.29 is 14.5 Å². The quantitative estimate of drug-likeness (QED) is 0.267. The summed E-state index contributed by atoms with van der Waals surface area (Å²) in [7, 11) is 5.13. The molecule has 10 heteroatoms. The molecular formula is C21H18N6O4. The molecule has 0 atom stereocenters. The van der Waals surface area contributed by atoms with Gasteiger partial charge >= 0.3 is 0 Å². The SMILES string of the molecule is COc1ccc(C(=O)c2c(-c3cccc([N+](=O)[O-])c3)nc3nc(N(C)C)ncn23)cc1. The molecule has 0 amide bonds. The van der Waals surface area contributed by atoms with Crippen LogP contribution < -0.4 is 9.64 Å². The van der Waals surface area contributed by atoms with Crippen LogP contribution in [0.15, 0.2) is 54.9 Å². The molecule has 0 saturated heterocycles. The molecule has 0 fully saturated rings. The number of non-ortho nitro benzene ring substituents is 1. The fraction of sp³-hybridized carbons (Fsp3) is 0.143. The number of ketones is 1. The Labute approximate surface area is 176 Å². The maximum atomic E-state index is 13.5. The van der Waals surface area contributed by atoms with Crippen LogP contribution in [0.4, 0.5) is 11.6 Å². The molecule has 2 heterocycles. The molecule has 0 unspecified atom stereocenters. The molecule has 0 saturated carbocycles. The topological polar surface area (TPSA) is 116 Å². The first-order chi connectivity index (χ1) is 14.9. The van der Waals surface area contributed by atoms with Gasteiger partial charge in [-0.2, -0.15) is 4.98 Å². The molecule has 10 nitrogen and oxygen atoms in total. The number of imidazole rings is 1. The van der Waals surface area contributed by atoms with Gasteiger partial charge in [-0.1, -0.05) is 12.1 Å². The van der Waals surface area contributed by atoms with Gasteiger partial charge in [-0.3, -0.25) is 19.3 Å². The minimum Gasteiger partial charge on any atom is -0.497 e. The van der Waals surface area contributed by atoms with Crippen LogP contribution in [0.1, 0.15) is 16.1 Å². The third kappa shape index (κ3) is 3.66. The Kier molecular flexibility index (Phi) is 5.04. The molecule has 0 bridgehead atoms. The second-order valence-electron chi connectivity index (χ2n) is 6.89. The number of rotatable bonds is 6. The summed E-state index contributed by atoms with van der Waals surface area (Å²) in [6, 6.07) is 12.6. The van der Waals surface area contributed by atoms with E-state index in [2.05, 4.69) is 15.0 Å². The minimum atomic E-state index is -0.492. The largest absolute Gasteiger partial charge is 0.497 e. The van der Waals surface area contributed by atoms with Crippen molar-refractivity contribution in [2.45, 2.75) is 0 Å². The van der Waals surface area contributed by atoms with Crippen molar-refractivity contribution in [3.63, 3.8) is 0 Å². The lowest BCUT2D eigenvalue weighted by Crippen LogP contribution is -2.14. The van der Waals surface area contributed by atoms with Crippen LogP contribution >= 0.6 is 0 Å². The Morgan fingerprint density at radius 1 is 1.13 bits per heavy atom. The summed E-state index contributed by atoms with van der Waals surface area (Å²) in [5.41, 5.74) is 1.24. The second kappa shape index (κ2) is 7.82. The van der Waals surface area contributed by atoms with Gasteiger partial charge in [-0.15, -0.1) is 0 Å². The molecule has 0 aliphatic heterocycles. The first-order valence-electron chi connectivity index (χ1n) is 9.25. The fourth-order valence-corrected chi connectivity index (χ4v) is 3.12. The van der Waals surface area contributed by atoms with Crippen molar-refractivity contribution in [2.75, 3.05) is 26.1 Å². The van der Waals surface area contributed by atoms with E-state index in [0.717, 1.165) is 0 Å². The van der Waals surface area contributed by atoms with E-state index in [1.165, 1.54) is 22.9 Å². The highest BCUT2D eigenvalue weighted by molar-refractivity contribution is 6.12. The summed E-state index contributed by atoms with van der Waals surface area (Å²) in [5.74, 6) is 0.981. The van der Waals surface area contributed by atoms with E-state index >= 15 is 0 Å². The molecule has 0 aliphatic carbocycles. The van der Waals surface area contributed by atoms with Crippen LogP contribution in [-0.4, -0.2) is 51.3 Å². The normalized spacial score (nSPS) is 10.8. The van der Waals surface area contributed by atoms with Gasteiger partial charge in [0.25, 0.3) is 5.69 Å². The lowest BCUT2D eigenvalue weighted by atomic mass is 10.0. The molecule has 0 spiro atoms. The van der Waals surface area contributed by atoms with Crippen molar-refractivity contribution >= 4 is 23.2 Å². The molecule has 0 radical (unpaired) electrons. The zero-order valence-electron chi connectivity index (χ0n) is 17.0. The number of carbonyl (C=O) groups is 1. The maximum Gasteiger partial charge on any atom is 0.270 e. The van der Waals surface area contributed by atoms with Crippen molar-refractivity contribution in [1.29, 1.82) is 0 Å².